The molecule has 0 amide bonds. The first-order valence-electron chi connectivity index (χ1n) is 7.30. The van der Waals surface area contributed by atoms with Crippen LogP contribution in [0.25, 0.3) is 0 Å². The Balaban J connectivity index is 0.00000324. The summed E-state index contributed by atoms with van der Waals surface area (Å²) in [7, 11) is 0. The summed E-state index contributed by atoms with van der Waals surface area (Å²) in [5.41, 5.74) is 5.85. The molecule has 1 aliphatic rings. The minimum Gasteiger partial charge on any atom is -0.370 e. The fourth-order valence-electron chi connectivity index (χ4n) is 2.48. The first-order chi connectivity index (χ1) is 8.50. The Hall–Kier alpha value is -0.0400. The average molecular weight is 382 g/mol. The van der Waals surface area contributed by atoms with Crippen LogP contribution in [0.1, 0.15) is 47.0 Å². The SMILES string of the molecule is CC(C)CN=C(N)NCC(C)N1CCCCC1C.I. The van der Waals surface area contributed by atoms with Crippen LogP contribution in [-0.4, -0.2) is 42.6 Å². The van der Waals surface area contributed by atoms with Gasteiger partial charge in [-0.25, -0.2) is 0 Å². The molecule has 2 atom stereocenters. The second-order valence-corrected chi connectivity index (χ2v) is 5.93. The number of nitrogens with zero attached hydrogens (tertiary/aromatic N) is 2. The highest BCUT2D eigenvalue weighted by molar-refractivity contribution is 14.0. The molecular weight excluding hydrogens is 351 g/mol. The van der Waals surface area contributed by atoms with E-state index in [-0.39, 0.29) is 24.0 Å². The van der Waals surface area contributed by atoms with E-state index in [2.05, 4.69) is 42.9 Å². The van der Waals surface area contributed by atoms with Crippen molar-refractivity contribution in [1.29, 1.82) is 0 Å². The van der Waals surface area contributed by atoms with Crippen molar-refractivity contribution >= 4 is 29.9 Å². The van der Waals surface area contributed by atoms with Gasteiger partial charge in [-0.05, 0) is 39.2 Å². The smallest absolute Gasteiger partial charge is 0.188 e. The zero-order valence-electron chi connectivity index (χ0n) is 12.9. The Morgan fingerprint density at radius 2 is 2.05 bits per heavy atom. The van der Waals surface area contributed by atoms with Crippen LogP contribution in [0, 0.1) is 5.92 Å². The van der Waals surface area contributed by atoms with E-state index in [0.717, 1.165) is 13.1 Å². The Kier molecular flexibility index (Phi) is 9.78. The summed E-state index contributed by atoms with van der Waals surface area (Å²) >= 11 is 0. The number of guanidine groups is 1. The summed E-state index contributed by atoms with van der Waals surface area (Å²) in [5, 5.41) is 3.24. The normalized spacial score (nSPS) is 23.0. The van der Waals surface area contributed by atoms with Gasteiger partial charge in [0.2, 0.25) is 0 Å². The molecule has 0 bridgehead atoms. The molecule has 0 aromatic heterocycles. The van der Waals surface area contributed by atoms with E-state index in [1.54, 1.807) is 0 Å². The summed E-state index contributed by atoms with van der Waals surface area (Å²) < 4.78 is 0. The highest BCUT2D eigenvalue weighted by atomic mass is 127. The molecule has 0 spiro atoms. The minimum atomic E-state index is 0. The second-order valence-electron chi connectivity index (χ2n) is 5.93. The summed E-state index contributed by atoms with van der Waals surface area (Å²) in [6, 6.07) is 1.22. The summed E-state index contributed by atoms with van der Waals surface area (Å²) in [5.74, 6) is 1.14. The summed E-state index contributed by atoms with van der Waals surface area (Å²) in [6.45, 7) is 11.8. The fraction of sp³-hybridized carbons (Fsp3) is 0.929. The van der Waals surface area contributed by atoms with Gasteiger partial charge in [0.25, 0.3) is 0 Å². The van der Waals surface area contributed by atoms with Gasteiger partial charge < -0.3 is 11.1 Å². The maximum absolute atomic E-state index is 5.85. The topological polar surface area (TPSA) is 53.6 Å². The van der Waals surface area contributed by atoms with E-state index in [4.69, 9.17) is 5.73 Å². The summed E-state index contributed by atoms with van der Waals surface area (Å²) in [4.78, 5) is 6.90. The lowest BCUT2D eigenvalue weighted by molar-refractivity contribution is 0.116. The predicted octanol–water partition coefficient (Wildman–Crippen LogP) is 2.43. The van der Waals surface area contributed by atoms with Crippen molar-refractivity contribution in [3.8, 4) is 0 Å². The van der Waals surface area contributed by atoms with Crippen molar-refractivity contribution in [3.05, 3.63) is 0 Å². The van der Waals surface area contributed by atoms with Crippen LogP contribution < -0.4 is 11.1 Å². The number of nitrogens with two attached hydrogens (primary N) is 1. The van der Waals surface area contributed by atoms with Crippen LogP contribution in [0.5, 0.6) is 0 Å². The van der Waals surface area contributed by atoms with Crippen LogP contribution in [0.3, 0.4) is 0 Å². The second kappa shape index (κ2) is 9.80. The lowest BCUT2D eigenvalue weighted by atomic mass is 10.0. The fourth-order valence-corrected chi connectivity index (χ4v) is 2.48. The Morgan fingerprint density at radius 1 is 1.37 bits per heavy atom. The van der Waals surface area contributed by atoms with E-state index < -0.39 is 0 Å². The zero-order chi connectivity index (χ0) is 13.5. The highest BCUT2D eigenvalue weighted by Crippen LogP contribution is 2.18. The Bertz CT molecular complexity index is 268. The van der Waals surface area contributed by atoms with Gasteiger partial charge >= 0.3 is 0 Å². The van der Waals surface area contributed by atoms with Crippen LogP contribution in [0.4, 0.5) is 0 Å². The molecule has 1 saturated heterocycles. The molecule has 0 saturated carbocycles. The molecule has 1 fully saturated rings. The molecule has 0 aromatic carbocycles. The number of halogens is 1. The molecule has 1 aliphatic heterocycles. The molecule has 1 rings (SSSR count). The zero-order valence-corrected chi connectivity index (χ0v) is 15.2. The lowest BCUT2D eigenvalue weighted by Gasteiger charge is -2.38. The monoisotopic (exact) mass is 382 g/mol. The van der Waals surface area contributed by atoms with Crippen molar-refractivity contribution in [2.75, 3.05) is 19.6 Å². The molecule has 5 heteroatoms. The molecule has 0 aromatic rings. The van der Waals surface area contributed by atoms with Gasteiger partial charge in [-0.1, -0.05) is 20.3 Å². The summed E-state index contributed by atoms with van der Waals surface area (Å²) in [6.07, 6.45) is 4.02. The molecule has 4 nitrogen and oxygen atoms in total. The molecular formula is C14H31IN4. The molecule has 114 valence electrons. The quantitative estimate of drug-likeness (QED) is 0.436. The number of hydrogen-bond donors (Lipinski definition) is 2. The van der Waals surface area contributed by atoms with Crippen molar-refractivity contribution in [1.82, 2.24) is 10.2 Å². The van der Waals surface area contributed by atoms with E-state index in [0.29, 0.717) is 24.0 Å². The van der Waals surface area contributed by atoms with Crippen LogP contribution in [0.2, 0.25) is 0 Å². The predicted molar refractivity (Wildman–Crippen MR) is 94.2 cm³/mol. The van der Waals surface area contributed by atoms with Crippen molar-refractivity contribution in [2.24, 2.45) is 16.6 Å². The van der Waals surface area contributed by atoms with E-state index in [9.17, 15) is 0 Å². The molecule has 0 aliphatic carbocycles. The van der Waals surface area contributed by atoms with E-state index in [1.165, 1.54) is 25.8 Å². The molecule has 19 heavy (non-hydrogen) atoms. The van der Waals surface area contributed by atoms with Crippen molar-refractivity contribution in [3.63, 3.8) is 0 Å². The van der Waals surface area contributed by atoms with Gasteiger partial charge in [-0.15, -0.1) is 24.0 Å². The van der Waals surface area contributed by atoms with Gasteiger partial charge in [0.15, 0.2) is 5.96 Å². The first kappa shape index (κ1) is 19.0. The average Bonchev–Trinajstić information content (AvgIpc) is 2.34. The van der Waals surface area contributed by atoms with Crippen LogP contribution >= 0.6 is 24.0 Å². The number of rotatable bonds is 5. The standard InChI is InChI=1S/C14H30N4.HI/c1-11(2)9-16-14(15)17-10-13(4)18-8-6-5-7-12(18)3;/h11-13H,5-10H2,1-4H3,(H3,15,16,17);1H. The Labute approximate surface area is 135 Å². The van der Waals surface area contributed by atoms with Crippen molar-refractivity contribution in [2.45, 2.75) is 59.0 Å². The van der Waals surface area contributed by atoms with E-state index in [1.807, 2.05) is 0 Å². The molecule has 0 radical (unpaired) electrons. The van der Waals surface area contributed by atoms with Crippen LogP contribution in [0.15, 0.2) is 4.99 Å². The maximum Gasteiger partial charge on any atom is 0.188 e. The molecule has 1 heterocycles. The first-order valence-corrected chi connectivity index (χ1v) is 7.30. The lowest BCUT2D eigenvalue weighted by Crippen LogP contribution is -2.49. The molecule has 2 unspecified atom stereocenters. The highest BCUT2D eigenvalue weighted by Gasteiger charge is 2.22. The van der Waals surface area contributed by atoms with E-state index >= 15 is 0 Å². The largest absolute Gasteiger partial charge is 0.370 e. The number of piperidine rings is 1. The number of aliphatic imine (C=N–C) groups is 1. The van der Waals surface area contributed by atoms with Gasteiger partial charge in [-0.3, -0.25) is 9.89 Å². The number of hydrogen-bond acceptors (Lipinski definition) is 2. The number of likely N-dealkylation sites (tertiary alicyclic amines) is 1. The third kappa shape index (κ3) is 7.34. The maximum atomic E-state index is 5.85. The van der Waals surface area contributed by atoms with Gasteiger partial charge in [-0.2, -0.15) is 0 Å². The van der Waals surface area contributed by atoms with Gasteiger partial charge in [0.05, 0.1) is 0 Å². The third-order valence-electron chi connectivity index (χ3n) is 3.63. The third-order valence-corrected chi connectivity index (χ3v) is 3.63. The number of nitrogens with one attached hydrogen (secondary N) is 1. The Morgan fingerprint density at radius 3 is 2.63 bits per heavy atom. The minimum absolute atomic E-state index is 0. The van der Waals surface area contributed by atoms with Crippen LogP contribution in [-0.2, 0) is 0 Å². The van der Waals surface area contributed by atoms with Gasteiger partial charge in [0, 0.05) is 25.2 Å². The molecule has 3 N–H and O–H groups in total. The van der Waals surface area contributed by atoms with Crippen molar-refractivity contribution < 1.29 is 0 Å². The van der Waals surface area contributed by atoms with Gasteiger partial charge in [0.1, 0.15) is 0 Å².